The molecule has 0 saturated heterocycles. The molecular weight excluding hydrogens is 360 g/mol. The third-order valence-electron chi connectivity index (χ3n) is 4.36. The number of ether oxygens (including phenoxy) is 2. The summed E-state index contributed by atoms with van der Waals surface area (Å²) in [5.41, 5.74) is 2.28. The third-order valence-corrected chi connectivity index (χ3v) is 4.36. The van der Waals surface area contributed by atoms with Crippen molar-refractivity contribution in [3.05, 3.63) is 54.1 Å². The van der Waals surface area contributed by atoms with Crippen molar-refractivity contribution in [2.45, 2.75) is 13.0 Å². The predicted octanol–water partition coefficient (Wildman–Crippen LogP) is 3.12. The second-order valence-corrected chi connectivity index (χ2v) is 6.18. The lowest BCUT2D eigenvalue weighted by atomic mass is 10.0. The number of carboxylic acid groups (broad SMARTS) is 1. The van der Waals surface area contributed by atoms with Gasteiger partial charge < -0.3 is 19.9 Å². The number of carbonyl (C=O) groups is 2. The average Bonchev–Trinajstić information content (AvgIpc) is 2.72. The molecule has 7 nitrogen and oxygen atoms in total. The lowest BCUT2D eigenvalue weighted by Gasteiger charge is -2.14. The highest BCUT2D eigenvalue weighted by Crippen LogP contribution is 2.33. The first-order valence-corrected chi connectivity index (χ1v) is 8.60. The van der Waals surface area contributed by atoms with Gasteiger partial charge in [0.2, 0.25) is 0 Å². The number of hydrogen-bond donors (Lipinski definition) is 2. The largest absolute Gasteiger partial charge is 0.493 e. The van der Waals surface area contributed by atoms with Gasteiger partial charge in [0.15, 0.2) is 11.5 Å². The molecule has 1 heterocycles. The molecule has 2 aromatic carbocycles. The zero-order chi connectivity index (χ0) is 20.3. The van der Waals surface area contributed by atoms with Crippen molar-refractivity contribution in [2.24, 2.45) is 0 Å². The first kappa shape index (κ1) is 19.2. The number of pyridine rings is 1. The van der Waals surface area contributed by atoms with E-state index in [9.17, 15) is 9.59 Å². The number of methoxy groups -OCH3 is 2. The minimum atomic E-state index is -1.10. The predicted molar refractivity (Wildman–Crippen MR) is 105 cm³/mol. The van der Waals surface area contributed by atoms with Gasteiger partial charge in [-0.05, 0) is 37.3 Å². The molecule has 0 aliphatic carbocycles. The molecule has 0 aliphatic heterocycles. The quantitative estimate of drug-likeness (QED) is 0.682. The van der Waals surface area contributed by atoms with Crippen LogP contribution >= 0.6 is 0 Å². The van der Waals surface area contributed by atoms with Crippen molar-refractivity contribution in [2.75, 3.05) is 14.2 Å². The number of carboxylic acids is 1. The van der Waals surface area contributed by atoms with Crippen LogP contribution in [0.4, 0.5) is 0 Å². The van der Waals surface area contributed by atoms with Crippen molar-refractivity contribution < 1.29 is 24.2 Å². The van der Waals surface area contributed by atoms with Crippen LogP contribution < -0.4 is 14.8 Å². The normalized spacial score (nSPS) is 11.7. The number of rotatable bonds is 6. The van der Waals surface area contributed by atoms with E-state index in [1.54, 1.807) is 50.6 Å². The summed E-state index contributed by atoms with van der Waals surface area (Å²) in [6, 6.07) is 13.2. The van der Waals surface area contributed by atoms with Crippen LogP contribution in [0.5, 0.6) is 11.5 Å². The Bertz CT molecular complexity index is 1050. The standard InChI is InChI=1S/C21H20N2O5/c1-12(21(25)26)22-20(24)15-11-17(23-16-7-5-4-6-14(15)16)13-8-9-18(27-2)19(10-13)28-3/h4-12H,1-3H3,(H,22,24)(H,25,26)/t12-/m0/s1. The van der Waals surface area contributed by atoms with Crippen LogP contribution in [0.2, 0.25) is 0 Å². The fraction of sp³-hybridized carbons (Fsp3) is 0.190. The highest BCUT2D eigenvalue weighted by atomic mass is 16.5. The highest BCUT2D eigenvalue weighted by Gasteiger charge is 2.19. The zero-order valence-electron chi connectivity index (χ0n) is 15.7. The van der Waals surface area contributed by atoms with Gasteiger partial charge in [0.25, 0.3) is 5.91 Å². The minimum Gasteiger partial charge on any atom is -0.493 e. The molecule has 0 spiro atoms. The second kappa shape index (κ2) is 7.96. The van der Waals surface area contributed by atoms with E-state index in [1.807, 2.05) is 12.1 Å². The average molecular weight is 380 g/mol. The Hall–Kier alpha value is -3.61. The number of hydrogen-bond acceptors (Lipinski definition) is 5. The van der Waals surface area contributed by atoms with Crippen LogP contribution in [-0.4, -0.2) is 42.2 Å². The van der Waals surface area contributed by atoms with Gasteiger partial charge in [0.05, 0.1) is 31.0 Å². The number of aliphatic carboxylic acids is 1. The molecule has 3 aromatic rings. The van der Waals surface area contributed by atoms with E-state index in [-0.39, 0.29) is 0 Å². The summed E-state index contributed by atoms with van der Waals surface area (Å²) in [5, 5.41) is 12.2. The Kier molecular flexibility index (Phi) is 5.44. The topological polar surface area (TPSA) is 97.8 Å². The molecule has 1 amide bonds. The molecule has 1 atom stereocenters. The molecule has 0 unspecified atom stereocenters. The van der Waals surface area contributed by atoms with E-state index in [2.05, 4.69) is 10.3 Å². The number of carbonyl (C=O) groups excluding carboxylic acids is 1. The van der Waals surface area contributed by atoms with Gasteiger partial charge in [-0.2, -0.15) is 0 Å². The first-order chi connectivity index (χ1) is 13.4. The lowest BCUT2D eigenvalue weighted by molar-refractivity contribution is -0.138. The lowest BCUT2D eigenvalue weighted by Crippen LogP contribution is -2.38. The Morgan fingerprint density at radius 3 is 2.43 bits per heavy atom. The fourth-order valence-electron chi connectivity index (χ4n) is 2.84. The summed E-state index contributed by atoms with van der Waals surface area (Å²) >= 11 is 0. The van der Waals surface area contributed by atoms with E-state index in [1.165, 1.54) is 6.92 Å². The monoisotopic (exact) mass is 380 g/mol. The number of fused-ring (bicyclic) bond motifs is 1. The fourth-order valence-corrected chi connectivity index (χ4v) is 2.84. The molecule has 0 bridgehead atoms. The molecular formula is C21H20N2O5. The Morgan fingerprint density at radius 1 is 1.04 bits per heavy atom. The molecule has 0 fully saturated rings. The van der Waals surface area contributed by atoms with Crippen molar-refractivity contribution in [1.82, 2.24) is 10.3 Å². The maximum atomic E-state index is 12.7. The van der Waals surface area contributed by atoms with Gasteiger partial charge in [0, 0.05) is 10.9 Å². The summed E-state index contributed by atoms with van der Waals surface area (Å²) in [5.74, 6) is -0.456. The molecule has 28 heavy (non-hydrogen) atoms. The van der Waals surface area contributed by atoms with E-state index >= 15 is 0 Å². The van der Waals surface area contributed by atoms with Crippen LogP contribution in [0.25, 0.3) is 22.2 Å². The van der Waals surface area contributed by atoms with Gasteiger partial charge >= 0.3 is 5.97 Å². The van der Waals surface area contributed by atoms with E-state index in [4.69, 9.17) is 14.6 Å². The van der Waals surface area contributed by atoms with Gasteiger partial charge in [-0.3, -0.25) is 9.59 Å². The number of para-hydroxylation sites is 1. The number of nitrogens with one attached hydrogen (secondary N) is 1. The van der Waals surface area contributed by atoms with Crippen LogP contribution in [0, 0.1) is 0 Å². The zero-order valence-corrected chi connectivity index (χ0v) is 15.7. The van der Waals surface area contributed by atoms with E-state index in [0.29, 0.717) is 33.7 Å². The van der Waals surface area contributed by atoms with Crippen LogP contribution in [0.1, 0.15) is 17.3 Å². The van der Waals surface area contributed by atoms with Crippen LogP contribution in [0.15, 0.2) is 48.5 Å². The first-order valence-electron chi connectivity index (χ1n) is 8.60. The Labute approximate surface area is 161 Å². The van der Waals surface area contributed by atoms with E-state index in [0.717, 1.165) is 5.56 Å². The van der Waals surface area contributed by atoms with Crippen LogP contribution in [-0.2, 0) is 4.79 Å². The van der Waals surface area contributed by atoms with Crippen molar-refractivity contribution in [1.29, 1.82) is 0 Å². The molecule has 0 aliphatic rings. The summed E-state index contributed by atoms with van der Waals surface area (Å²) in [7, 11) is 3.10. The maximum Gasteiger partial charge on any atom is 0.325 e. The summed E-state index contributed by atoms with van der Waals surface area (Å²) in [6.45, 7) is 1.42. The van der Waals surface area contributed by atoms with E-state index < -0.39 is 17.9 Å². The number of aromatic nitrogens is 1. The molecule has 0 saturated carbocycles. The van der Waals surface area contributed by atoms with Crippen molar-refractivity contribution in [3.8, 4) is 22.8 Å². The van der Waals surface area contributed by atoms with Crippen LogP contribution in [0.3, 0.4) is 0 Å². The molecule has 144 valence electrons. The maximum absolute atomic E-state index is 12.7. The van der Waals surface area contributed by atoms with Gasteiger partial charge in [-0.1, -0.05) is 18.2 Å². The van der Waals surface area contributed by atoms with Crippen molar-refractivity contribution in [3.63, 3.8) is 0 Å². The van der Waals surface area contributed by atoms with Crippen molar-refractivity contribution >= 4 is 22.8 Å². The summed E-state index contributed by atoms with van der Waals surface area (Å²) in [4.78, 5) is 28.5. The van der Waals surface area contributed by atoms with Gasteiger partial charge in [0.1, 0.15) is 6.04 Å². The summed E-state index contributed by atoms with van der Waals surface area (Å²) in [6.07, 6.45) is 0. The second-order valence-electron chi connectivity index (χ2n) is 6.18. The van der Waals surface area contributed by atoms with Gasteiger partial charge in [-0.25, -0.2) is 4.98 Å². The minimum absolute atomic E-state index is 0.350. The smallest absolute Gasteiger partial charge is 0.325 e. The number of nitrogens with zero attached hydrogens (tertiary/aromatic N) is 1. The highest BCUT2D eigenvalue weighted by molar-refractivity contribution is 6.08. The molecule has 2 N–H and O–H groups in total. The molecule has 0 radical (unpaired) electrons. The molecule has 3 rings (SSSR count). The summed E-state index contributed by atoms with van der Waals surface area (Å²) < 4.78 is 10.6. The van der Waals surface area contributed by atoms with Gasteiger partial charge in [-0.15, -0.1) is 0 Å². The Balaban J connectivity index is 2.13. The third kappa shape index (κ3) is 3.73. The molecule has 7 heteroatoms. The SMILES string of the molecule is COc1ccc(-c2cc(C(=O)N[C@@H](C)C(=O)O)c3ccccc3n2)cc1OC. The molecule has 1 aromatic heterocycles. The number of amides is 1. The Morgan fingerprint density at radius 2 is 1.75 bits per heavy atom. The number of benzene rings is 2.